The lowest BCUT2D eigenvalue weighted by molar-refractivity contribution is 0.227. The number of para-hydroxylation sites is 1. The van der Waals surface area contributed by atoms with Gasteiger partial charge >= 0.3 is 6.03 Å². The van der Waals surface area contributed by atoms with Crippen molar-refractivity contribution < 1.29 is 4.79 Å². The number of hydrogen-bond acceptors (Lipinski definition) is 1. The molecule has 1 N–H and O–H groups in total. The molecule has 0 spiro atoms. The molecule has 0 bridgehead atoms. The molecule has 0 fully saturated rings. The van der Waals surface area contributed by atoms with Crippen LogP contribution in [0.15, 0.2) is 60.8 Å². The Bertz CT molecular complexity index is 620. The van der Waals surface area contributed by atoms with E-state index < -0.39 is 0 Å². The summed E-state index contributed by atoms with van der Waals surface area (Å²) >= 11 is 0. The summed E-state index contributed by atoms with van der Waals surface area (Å²) in [5.41, 5.74) is 3.14. The number of carbonyl (C=O) groups is 1. The van der Waals surface area contributed by atoms with Crippen LogP contribution in [0.2, 0.25) is 0 Å². The summed E-state index contributed by atoms with van der Waals surface area (Å²) in [7, 11) is 0. The molecule has 2 aromatic carbocycles. The Balaban J connectivity index is 1.73. The zero-order valence-electron chi connectivity index (χ0n) is 10.4. The van der Waals surface area contributed by atoms with Crippen molar-refractivity contribution in [2.75, 3.05) is 5.32 Å². The monoisotopic (exact) mass is 250 g/mol. The van der Waals surface area contributed by atoms with E-state index in [-0.39, 0.29) is 6.03 Å². The first-order chi connectivity index (χ1) is 9.33. The minimum Gasteiger partial charge on any atom is -0.308 e. The van der Waals surface area contributed by atoms with Gasteiger partial charge in [-0.15, -0.1) is 0 Å². The van der Waals surface area contributed by atoms with Gasteiger partial charge in [0.05, 0.1) is 6.54 Å². The molecular formula is C16H14N2O. The third-order valence-corrected chi connectivity index (χ3v) is 3.12. The Morgan fingerprint density at radius 2 is 1.74 bits per heavy atom. The standard InChI is InChI=1S/C16H14N2O/c19-16(17-15-8-2-1-3-9-15)18-11-10-13-6-4-5-7-14(13)12-18/h1-11H,12H2,(H,17,19). The molecule has 1 aliphatic rings. The minimum atomic E-state index is -0.114. The van der Waals surface area contributed by atoms with Crippen molar-refractivity contribution in [2.45, 2.75) is 6.54 Å². The van der Waals surface area contributed by atoms with Gasteiger partial charge in [0.2, 0.25) is 0 Å². The predicted molar refractivity (Wildman–Crippen MR) is 76.5 cm³/mol. The van der Waals surface area contributed by atoms with Crippen LogP contribution in [-0.4, -0.2) is 10.9 Å². The predicted octanol–water partition coefficient (Wildman–Crippen LogP) is 3.71. The van der Waals surface area contributed by atoms with Gasteiger partial charge < -0.3 is 5.32 Å². The Morgan fingerprint density at radius 1 is 1.00 bits per heavy atom. The van der Waals surface area contributed by atoms with Crippen molar-refractivity contribution in [3.05, 3.63) is 71.9 Å². The zero-order valence-corrected chi connectivity index (χ0v) is 10.4. The second kappa shape index (κ2) is 4.98. The summed E-state index contributed by atoms with van der Waals surface area (Å²) < 4.78 is 0. The van der Waals surface area contributed by atoms with Gasteiger partial charge in [-0.05, 0) is 29.3 Å². The largest absolute Gasteiger partial charge is 0.326 e. The maximum atomic E-state index is 12.1. The molecule has 0 radical (unpaired) electrons. The highest BCUT2D eigenvalue weighted by molar-refractivity contribution is 5.90. The molecular weight excluding hydrogens is 236 g/mol. The SMILES string of the molecule is O=C(Nc1ccccc1)N1C=Cc2ccccc2C1. The Hall–Kier alpha value is -2.55. The molecule has 0 aromatic heterocycles. The van der Waals surface area contributed by atoms with Crippen LogP contribution in [0.3, 0.4) is 0 Å². The van der Waals surface area contributed by atoms with Crippen LogP contribution in [0.1, 0.15) is 11.1 Å². The Labute approximate surface area is 112 Å². The lowest BCUT2D eigenvalue weighted by Gasteiger charge is -2.23. The van der Waals surface area contributed by atoms with Crippen LogP contribution in [0, 0.1) is 0 Å². The van der Waals surface area contributed by atoms with E-state index in [0.717, 1.165) is 11.3 Å². The Kier molecular flexibility index (Phi) is 3.02. The summed E-state index contributed by atoms with van der Waals surface area (Å²) in [6, 6.07) is 17.4. The van der Waals surface area contributed by atoms with Crippen LogP contribution in [0.5, 0.6) is 0 Å². The lowest BCUT2D eigenvalue weighted by Crippen LogP contribution is -2.31. The number of fused-ring (bicyclic) bond motifs is 1. The molecule has 0 unspecified atom stereocenters. The number of nitrogens with one attached hydrogen (secondary N) is 1. The molecule has 2 amide bonds. The highest BCUT2D eigenvalue weighted by Crippen LogP contribution is 2.20. The van der Waals surface area contributed by atoms with Crippen LogP contribution in [-0.2, 0) is 6.54 Å². The molecule has 1 heterocycles. The molecule has 2 aromatic rings. The number of carbonyl (C=O) groups excluding carboxylic acids is 1. The normalized spacial score (nSPS) is 12.9. The molecule has 94 valence electrons. The van der Waals surface area contributed by atoms with Crippen LogP contribution < -0.4 is 5.32 Å². The average molecular weight is 250 g/mol. The molecule has 1 aliphatic heterocycles. The molecule has 0 atom stereocenters. The quantitative estimate of drug-likeness (QED) is 0.822. The van der Waals surface area contributed by atoms with Gasteiger partial charge in [0.25, 0.3) is 0 Å². The van der Waals surface area contributed by atoms with Gasteiger partial charge in [-0.3, -0.25) is 4.90 Å². The number of hydrogen-bond donors (Lipinski definition) is 1. The van der Waals surface area contributed by atoms with Crippen molar-refractivity contribution in [2.24, 2.45) is 0 Å². The first-order valence-electron chi connectivity index (χ1n) is 6.22. The van der Waals surface area contributed by atoms with Gasteiger partial charge in [-0.25, -0.2) is 4.79 Å². The highest BCUT2D eigenvalue weighted by atomic mass is 16.2. The summed E-state index contributed by atoms with van der Waals surface area (Å²) in [5, 5.41) is 2.88. The fourth-order valence-electron chi connectivity index (χ4n) is 2.10. The van der Waals surface area contributed by atoms with E-state index in [1.165, 1.54) is 5.56 Å². The van der Waals surface area contributed by atoms with Crippen molar-refractivity contribution in [1.29, 1.82) is 0 Å². The van der Waals surface area contributed by atoms with E-state index in [4.69, 9.17) is 0 Å². The first kappa shape index (κ1) is 11.5. The smallest absolute Gasteiger partial charge is 0.308 e. The maximum Gasteiger partial charge on any atom is 0.326 e. The zero-order chi connectivity index (χ0) is 13.1. The first-order valence-corrected chi connectivity index (χ1v) is 6.22. The van der Waals surface area contributed by atoms with E-state index in [9.17, 15) is 4.79 Å². The molecule has 0 saturated carbocycles. The van der Waals surface area contributed by atoms with Crippen LogP contribution in [0.4, 0.5) is 10.5 Å². The second-order valence-electron chi connectivity index (χ2n) is 4.44. The van der Waals surface area contributed by atoms with Gasteiger partial charge in [0.1, 0.15) is 0 Å². The maximum absolute atomic E-state index is 12.1. The Morgan fingerprint density at radius 3 is 2.58 bits per heavy atom. The lowest BCUT2D eigenvalue weighted by atomic mass is 10.0. The van der Waals surface area contributed by atoms with Crippen molar-refractivity contribution in [3.63, 3.8) is 0 Å². The molecule has 0 aliphatic carbocycles. The molecule has 0 saturated heterocycles. The fraction of sp³-hybridized carbons (Fsp3) is 0.0625. The van der Waals surface area contributed by atoms with Gasteiger partial charge in [0, 0.05) is 11.9 Å². The average Bonchev–Trinajstić information content (AvgIpc) is 2.48. The number of benzene rings is 2. The summed E-state index contributed by atoms with van der Waals surface area (Å²) in [5.74, 6) is 0. The number of nitrogens with zero attached hydrogens (tertiary/aromatic N) is 1. The van der Waals surface area contributed by atoms with E-state index in [0.29, 0.717) is 6.54 Å². The summed E-state index contributed by atoms with van der Waals surface area (Å²) in [4.78, 5) is 13.8. The third kappa shape index (κ3) is 2.50. The topological polar surface area (TPSA) is 32.3 Å². The summed E-state index contributed by atoms with van der Waals surface area (Å²) in [6.45, 7) is 0.603. The van der Waals surface area contributed by atoms with Crippen LogP contribution >= 0.6 is 0 Å². The molecule has 3 nitrogen and oxygen atoms in total. The summed E-state index contributed by atoms with van der Waals surface area (Å²) in [6.07, 6.45) is 3.78. The fourth-order valence-corrected chi connectivity index (χ4v) is 2.10. The van der Waals surface area contributed by atoms with Gasteiger partial charge in [-0.2, -0.15) is 0 Å². The van der Waals surface area contributed by atoms with Gasteiger partial charge in [-0.1, -0.05) is 42.5 Å². The van der Waals surface area contributed by atoms with E-state index >= 15 is 0 Å². The van der Waals surface area contributed by atoms with E-state index in [2.05, 4.69) is 11.4 Å². The number of urea groups is 1. The number of rotatable bonds is 1. The minimum absolute atomic E-state index is 0.114. The van der Waals surface area contributed by atoms with Crippen LogP contribution in [0.25, 0.3) is 6.08 Å². The van der Waals surface area contributed by atoms with Gasteiger partial charge in [0.15, 0.2) is 0 Å². The van der Waals surface area contributed by atoms with E-state index in [1.54, 1.807) is 4.90 Å². The number of amides is 2. The second-order valence-corrected chi connectivity index (χ2v) is 4.44. The van der Waals surface area contributed by atoms with Crippen molar-refractivity contribution in [3.8, 4) is 0 Å². The third-order valence-electron chi connectivity index (χ3n) is 3.12. The highest BCUT2D eigenvalue weighted by Gasteiger charge is 2.16. The van der Waals surface area contributed by atoms with Crippen molar-refractivity contribution >= 4 is 17.8 Å². The van der Waals surface area contributed by atoms with Crippen molar-refractivity contribution in [1.82, 2.24) is 4.90 Å². The molecule has 3 heteroatoms. The number of anilines is 1. The molecule has 3 rings (SSSR count). The van der Waals surface area contributed by atoms with E-state index in [1.807, 2.05) is 60.8 Å². The molecule has 19 heavy (non-hydrogen) atoms.